The molecule has 0 aliphatic heterocycles. The van der Waals surface area contributed by atoms with Crippen molar-refractivity contribution in [2.75, 3.05) is 0 Å². The summed E-state index contributed by atoms with van der Waals surface area (Å²) in [6, 6.07) is 8.10. The number of nitrogens with two attached hydrogens (primary N) is 2. The third-order valence-corrected chi connectivity index (χ3v) is 4.56. The molecule has 0 amide bonds. The number of carboxylic acid groups (broad SMARTS) is 1. The molecule has 1 aromatic heterocycles. The van der Waals surface area contributed by atoms with Crippen molar-refractivity contribution in [2.24, 2.45) is 17.4 Å². The third-order valence-electron chi connectivity index (χ3n) is 4.56. The van der Waals surface area contributed by atoms with Gasteiger partial charge in [0.25, 0.3) is 0 Å². The SMILES string of the molecule is Cc1nc(CC(C)C)c(CN)c(-c2ccc(CN)cc2)c1CCC(=O)O.Cl.Cl. The van der Waals surface area contributed by atoms with Crippen molar-refractivity contribution < 1.29 is 9.90 Å². The highest BCUT2D eigenvalue weighted by atomic mass is 35.5. The summed E-state index contributed by atoms with van der Waals surface area (Å²) in [5.74, 6) is -0.348. The fourth-order valence-corrected chi connectivity index (χ4v) is 3.31. The van der Waals surface area contributed by atoms with Gasteiger partial charge in [0.2, 0.25) is 0 Å². The lowest BCUT2D eigenvalue weighted by molar-refractivity contribution is -0.136. The number of halogens is 2. The zero-order valence-corrected chi connectivity index (χ0v) is 18.3. The first-order valence-corrected chi connectivity index (χ1v) is 9.09. The van der Waals surface area contributed by atoms with Crippen molar-refractivity contribution in [2.45, 2.75) is 53.1 Å². The molecule has 1 heterocycles. The largest absolute Gasteiger partial charge is 0.481 e. The fraction of sp³-hybridized carbons (Fsp3) is 0.429. The van der Waals surface area contributed by atoms with Crippen LogP contribution < -0.4 is 11.5 Å². The van der Waals surface area contributed by atoms with Gasteiger partial charge in [0, 0.05) is 30.9 Å². The molecule has 2 aromatic rings. The molecule has 5 N–H and O–H groups in total. The van der Waals surface area contributed by atoms with Crippen LogP contribution in [0.2, 0.25) is 0 Å². The molecule has 0 saturated carbocycles. The summed E-state index contributed by atoms with van der Waals surface area (Å²) in [7, 11) is 0. The van der Waals surface area contributed by atoms with Gasteiger partial charge in [0.05, 0.1) is 0 Å². The summed E-state index contributed by atoms with van der Waals surface area (Å²) in [5, 5.41) is 9.14. The second-order valence-electron chi connectivity index (χ2n) is 7.07. The maximum absolute atomic E-state index is 11.1. The predicted molar refractivity (Wildman–Crippen MR) is 119 cm³/mol. The topological polar surface area (TPSA) is 102 Å². The predicted octanol–water partition coefficient (Wildman–Crippen LogP) is 4.03. The van der Waals surface area contributed by atoms with Gasteiger partial charge in [-0.25, -0.2) is 0 Å². The Hall–Kier alpha value is -1.66. The van der Waals surface area contributed by atoms with Crippen LogP contribution in [0.25, 0.3) is 11.1 Å². The number of hydrogen-bond donors (Lipinski definition) is 3. The highest BCUT2D eigenvalue weighted by molar-refractivity contribution is 5.85. The molecule has 7 heteroatoms. The van der Waals surface area contributed by atoms with Gasteiger partial charge < -0.3 is 16.6 Å². The quantitative estimate of drug-likeness (QED) is 0.589. The minimum absolute atomic E-state index is 0. The number of rotatable bonds is 8. The van der Waals surface area contributed by atoms with Crippen molar-refractivity contribution >= 4 is 30.8 Å². The van der Waals surface area contributed by atoms with E-state index in [9.17, 15) is 4.79 Å². The second kappa shape index (κ2) is 12.0. The van der Waals surface area contributed by atoms with E-state index in [0.717, 1.165) is 45.6 Å². The molecule has 156 valence electrons. The van der Waals surface area contributed by atoms with Crippen LogP contribution in [0.15, 0.2) is 24.3 Å². The molecule has 0 fully saturated rings. The monoisotopic (exact) mass is 427 g/mol. The molecule has 0 unspecified atom stereocenters. The highest BCUT2D eigenvalue weighted by Gasteiger charge is 2.19. The molecule has 0 aliphatic carbocycles. The summed E-state index contributed by atoms with van der Waals surface area (Å²) in [4.78, 5) is 15.9. The van der Waals surface area contributed by atoms with Crippen molar-refractivity contribution in [1.82, 2.24) is 4.98 Å². The number of hydrogen-bond acceptors (Lipinski definition) is 4. The molecule has 0 saturated heterocycles. The van der Waals surface area contributed by atoms with Crippen LogP contribution in [0.4, 0.5) is 0 Å². The number of benzene rings is 1. The van der Waals surface area contributed by atoms with Crippen molar-refractivity contribution in [3.63, 3.8) is 0 Å². The average molecular weight is 428 g/mol. The maximum atomic E-state index is 11.1. The van der Waals surface area contributed by atoms with Gasteiger partial charge in [-0.05, 0) is 53.5 Å². The lowest BCUT2D eigenvalue weighted by atomic mass is 9.88. The molecular weight excluding hydrogens is 397 g/mol. The molecule has 28 heavy (non-hydrogen) atoms. The lowest BCUT2D eigenvalue weighted by Gasteiger charge is -2.21. The van der Waals surface area contributed by atoms with E-state index in [-0.39, 0.29) is 31.2 Å². The zero-order chi connectivity index (χ0) is 19.3. The van der Waals surface area contributed by atoms with Crippen LogP contribution in [0.5, 0.6) is 0 Å². The molecule has 0 aliphatic rings. The number of pyridine rings is 1. The van der Waals surface area contributed by atoms with Crippen molar-refractivity contribution in [3.8, 4) is 11.1 Å². The Morgan fingerprint density at radius 2 is 1.68 bits per heavy atom. The number of carboxylic acids is 1. The number of nitrogens with zero attached hydrogens (tertiary/aromatic N) is 1. The van der Waals surface area contributed by atoms with Crippen LogP contribution in [-0.2, 0) is 30.7 Å². The molecule has 1 aromatic carbocycles. The normalized spacial score (nSPS) is 10.4. The Morgan fingerprint density at radius 3 is 2.14 bits per heavy atom. The fourth-order valence-electron chi connectivity index (χ4n) is 3.31. The average Bonchev–Trinajstić information content (AvgIpc) is 2.59. The smallest absolute Gasteiger partial charge is 0.303 e. The van der Waals surface area contributed by atoms with E-state index in [1.165, 1.54) is 0 Å². The van der Waals surface area contributed by atoms with E-state index < -0.39 is 5.97 Å². The van der Waals surface area contributed by atoms with E-state index in [1.807, 2.05) is 31.2 Å². The Bertz CT molecular complexity index is 778. The Kier molecular flexibility index (Phi) is 11.3. The first-order valence-electron chi connectivity index (χ1n) is 9.09. The minimum atomic E-state index is -0.811. The maximum Gasteiger partial charge on any atom is 0.303 e. The van der Waals surface area contributed by atoms with Crippen LogP contribution >= 0.6 is 24.8 Å². The van der Waals surface area contributed by atoms with Gasteiger partial charge in [-0.3, -0.25) is 9.78 Å². The molecule has 5 nitrogen and oxygen atoms in total. The van der Waals surface area contributed by atoms with Gasteiger partial charge in [-0.15, -0.1) is 24.8 Å². The van der Waals surface area contributed by atoms with E-state index in [1.54, 1.807) is 0 Å². The van der Waals surface area contributed by atoms with Gasteiger partial charge in [-0.1, -0.05) is 38.1 Å². The van der Waals surface area contributed by atoms with Gasteiger partial charge in [-0.2, -0.15) is 0 Å². The van der Waals surface area contributed by atoms with E-state index in [4.69, 9.17) is 21.6 Å². The Labute approximate surface area is 179 Å². The Balaban J connectivity index is 0.00000364. The number of aliphatic carboxylic acids is 1. The van der Waals surface area contributed by atoms with Crippen LogP contribution in [-0.4, -0.2) is 16.1 Å². The first-order chi connectivity index (χ1) is 12.4. The molecule has 0 radical (unpaired) electrons. The van der Waals surface area contributed by atoms with Gasteiger partial charge in [0.1, 0.15) is 0 Å². The Morgan fingerprint density at radius 1 is 1.07 bits per heavy atom. The molecule has 2 rings (SSSR count). The van der Waals surface area contributed by atoms with Crippen LogP contribution in [0, 0.1) is 12.8 Å². The highest BCUT2D eigenvalue weighted by Crippen LogP contribution is 2.33. The summed E-state index contributed by atoms with van der Waals surface area (Å²) in [6.45, 7) is 7.14. The molecule has 0 bridgehead atoms. The summed E-state index contributed by atoms with van der Waals surface area (Å²) < 4.78 is 0. The van der Waals surface area contributed by atoms with Crippen LogP contribution in [0.1, 0.15) is 48.3 Å². The third kappa shape index (κ3) is 6.45. The minimum Gasteiger partial charge on any atom is -0.481 e. The lowest BCUT2D eigenvalue weighted by Crippen LogP contribution is -2.14. The van der Waals surface area contributed by atoms with Crippen LogP contribution in [0.3, 0.4) is 0 Å². The molecule has 0 spiro atoms. The number of aryl methyl sites for hydroxylation is 1. The summed E-state index contributed by atoms with van der Waals surface area (Å²) >= 11 is 0. The molecule has 0 atom stereocenters. The van der Waals surface area contributed by atoms with E-state index >= 15 is 0 Å². The van der Waals surface area contributed by atoms with E-state index in [2.05, 4.69) is 13.8 Å². The van der Waals surface area contributed by atoms with Gasteiger partial charge >= 0.3 is 5.97 Å². The number of aromatic nitrogens is 1. The summed E-state index contributed by atoms with van der Waals surface area (Å²) in [5.41, 5.74) is 18.9. The zero-order valence-electron chi connectivity index (χ0n) is 16.7. The first kappa shape index (κ1) is 26.3. The summed E-state index contributed by atoms with van der Waals surface area (Å²) in [6.07, 6.45) is 1.36. The number of carbonyl (C=O) groups is 1. The molecular formula is C21H31Cl2N3O2. The van der Waals surface area contributed by atoms with E-state index in [0.29, 0.717) is 25.4 Å². The second-order valence-corrected chi connectivity index (χ2v) is 7.07. The van der Waals surface area contributed by atoms with Crippen molar-refractivity contribution in [3.05, 3.63) is 52.3 Å². The standard InChI is InChI=1S/C21H29N3O2.2ClH/c1-13(2)10-19-18(12-23)21(16-6-4-15(11-22)5-7-16)17(14(3)24-19)8-9-20(25)26;;/h4-7,13H,8-12,22-23H2,1-3H3,(H,25,26);2*1H. The van der Waals surface area contributed by atoms with Crippen molar-refractivity contribution in [1.29, 1.82) is 0 Å². The van der Waals surface area contributed by atoms with Gasteiger partial charge in [0.15, 0.2) is 0 Å².